The number of hydrogen-bond donors (Lipinski definition) is 3. The fourth-order valence-electron chi connectivity index (χ4n) is 1.47. The molecular weight excluding hydrogens is 309 g/mol. The van der Waals surface area contributed by atoms with E-state index >= 15 is 0 Å². The maximum atomic E-state index is 9.89. The number of aliphatic hydroxyl groups is 1. The molecule has 0 aliphatic rings. The van der Waals surface area contributed by atoms with Gasteiger partial charge < -0.3 is 20.7 Å². The van der Waals surface area contributed by atoms with Crippen LogP contribution in [-0.4, -0.2) is 23.4 Å². The summed E-state index contributed by atoms with van der Waals surface area (Å²) in [6, 6.07) is 2.70. The zero-order valence-electron chi connectivity index (χ0n) is 9.68. The summed E-state index contributed by atoms with van der Waals surface area (Å²) in [5.41, 5.74) is 6.33. The Balaban J connectivity index is 0.00000256. The fourth-order valence-corrected chi connectivity index (χ4v) is 1.92. The Kier molecular flexibility index (Phi) is 6.85. The lowest BCUT2D eigenvalue weighted by atomic mass is 9.99. The third kappa shape index (κ3) is 3.74. The molecule has 0 radical (unpaired) electrons. The van der Waals surface area contributed by atoms with Crippen molar-refractivity contribution >= 4 is 28.3 Å². The molecule has 0 saturated carbocycles. The number of methoxy groups -OCH3 is 1. The SMILES string of the molecule is CC[C@H](O)[C@H](N)c1cc(Br)cc(OC)c1O.Cl. The van der Waals surface area contributed by atoms with Gasteiger partial charge in [-0.1, -0.05) is 22.9 Å². The molecule has 1 aromatic carbocycles. The zero-order chi connectivity index (χ0) is 12.3. The number of aliphatic hydroxyl groups excluding tert-OH is 1. The second-order valence-corrected chi connectivity index (χ2v) is 4.46. The van der Waals surface area contributed by atoms with Crippen molar-refractivity contribution in [3.05, 3.63) is 22.2 Å². The van der Waals surface area contributed by atoms with Gasteiger partial charge in [-0.25, -0.2) is 0 Å². The van der Waals surface area contributed by atoms with E-state index in [4.69, 9.17) is 10.5 Å². The summed E-state index contributed by atoms with van der Waals surface area (Å²) in [5.74, 6) is 0.314. The normalized spacial score (nSPS) is 13.7. The van der Waals surface area contributed by atoms with Crippen molar-refractivity contribution in [3.63, 3.8) is 0 Å². The molecule has 6 heteroatoms. The summed E-state index contributed by atoms with van der Waals surface area (Å²) in [4.78, 5) is 0. The van der Waals surface area contributed by atoms with Crippen molar-refractivity contribution in [2.45, 2.75) is 25.5 Å². The van der Waals surface area contributed by atoms with Crippen LogP contribution >= 0.6 is 28.3 Å². The molecule has 2 atom stereocenters. The largest absolute Gasteiger partial charge is 0.504 e. The van der Waals surface area contributed by atoms with E-state index in [0.29, 0.717) is 17.7 Å². The van der Waals surface area contributed by atoms with Gasteiger partial charge in [0.25, 0.3) is 0 Å². The molecule has 4 N–H and O–H groups in total. The lowest BCUT2D eigenvalue weighted by Crippen LogP contribution is -2.25. The van der Waals surface area contributed by atoms with Crippen molar-refractivity contribution in [1.29, 1.82) is 0 Å². The summed E-state index contributed by atoms with van der Waals surface area (Å²) in [6.07, 6.45) is -0.167. The van der Waals surface area contributed by atoms with E-state index < -0.39 is 12.1 Å². The van der Waals surface area contributed by atoms with Crippen molar-refractivity contribution < 1.29 is 14.9 Å². The molecule has 17 heavy (non-hydrogen) atoms. The zero-order valence-corrected chi connectivity index (χ0v) is 12.1. The van der Waals surface area contributed by atoms with Gasteiger partial charge in [-0.3, -0.25) is 0 Å². The van der Waals surface area contributed by atoms with Crippen LogP contribution in [0.25, 0.3) is 0 Å². The van der Waals surface area contributed by atoms with Gasteiger partial charge >= 0.3 is 0 Å². The Hall–Kier alpha value is -0.490. The number of aromatic hydroxyl groups is 1. The number of phenolic OH excluding ortho intramolecular Hbond substituents is 1. The maximum Gasteiger partial charge on any atom is 0.162 e. The molecular formula is C11H17BrClNO3. The van der Waals surface area contributed by atoms with Gasteiger partial charge in [0.15, 0.2) is 11.5 Å². The number of benzene rings is 1. The topological polar surface area (TPSA) is 75.7 Å². The molecule has 1 rings (SSSR count). The van der Waals surface area contributed by atoms with Crippen molar-refractivity contribution in [1.82, 2.24) is 0 Å². The number of rotatable bonds is 4. The quantitative estimate of drug-likeness (QED) is 0.794. The van der Waals surface area contributed by atoms with Gasteiger partial charge in [0.05, 0.1) is 19.3 Å². The first kappa shape index (κ1) is 16.5. The lowest BCUT2D eigenvalue weighted by molar-refractivity contribution is 0.139. The molecule has 4 nitrogen and oxygen atoms in total. The lowest BCUT2D eigenvalue weighted by Gasteiger charge is -2.20. The number of nitrogens with two attached hydrogens (primary N) is 1. The first-order chi connectivity index (χ1) is 7.51. The number of ether oxygens (including phenoxy) is 1. The Bertz CT molecular complexity index is 376. The molecule has 0 heterocycles. The molecule has 0 spiro atoms. The number of phenols is 1. The van der Waals surface area contributed by atoms with Gasteiger partial charge in [0.2, 0.25) is 0 Å². The van der Waals surface area contributed by atoms with Crippen LogP contribution in [0.4, 0.5) is 0 Å². The van der Waals surface area contributed by atoms with E-state index in [1.54, 1.807) is 12.1 Å². The molecule has 0 aliphatic heterocycles. The van der Waals surface area contributed by atoms with Gasteiger partial charge in [-0.15, -0.1) is 12.4 Å². The molecule has 0 amide bonds. The van der Waals surface area contributed by atoms with Gasteiger partial charge in [-0.05, 0) is 18.6 Å². The smallest absolute Gasteiger partial charge is 0.162 e. The minimum absolute atomic E-state index is 0. The molecule has 0 fully saturated rings. The Morgan fingerprint density at radius 1 is 1.47 bits per heavy atom. The fraction of sp³-hybridized carbons (Fsp3) is 0.455. The molecule has 0 unspecified atom stereocenters. The van der Waals surface area contributed by atoms with Crippen LogP contribution in [-0.2, 0) is 0 Å². The Labute approximate surface area is 115 Å². The standard InChI is InChI=1S/C11H16BrNO3.ClH/c1-3-8(14)10(13)7-4-6(12)5-9(16-2)11(7)15;/h4-5,8,10,14-15H,3,13H2,1-2H3;1H/t8-,10+;/m0./s1. The van der Waals surface area contributed by atoms with Crippen LogP contribution in [0.2, 0.25) is 0 Å². The van der Waals surface area contributed by atoms with Gasteiger partial charge in [0.1, 0.15) is 0 Å². The highest BCUT2D eigenvalue weighted by Crippen LogP contribution is 2.37. The second-order valence-electron chi connectivity index (χ2n) is 3.55. The van der Waals surface area contributed by atoms with E-state index in [0.717, 1.165) is 4.47 Å². The highest BCUT2D eigenvalue weighted by atomic mass is 79.9. The summed E-state index contributed by atoms with van der Waals surface area (Å²) in [7, 11) is 1.47. The van der Waals surface area contributed by atoms with E-state index in [1.807, 2.05) is 6.92 Å². The predicted molar refractivity (Wildman–Crippen MR) is 72.8 cm³/mol. The second kappa shape index (κ2) is 7.06. The van der Waals surface area contributed by atoms with Gasteiger partial charge in [-0.2, -0.15) is 0 Å². The third-order valence-corrected chi connectivity index (χ3v) is 2.94. The molecule has 98 valence electrons. The summed E-state index contributed by atoms with van der Waals surface area (Å²) >= 11 is 3.30. The monoisotopic (exact) mass is 325 g/mol. The van der Waals surface area contributed by atoms with Crippen molar-refractivity contribution in [2.24, 2.45) is 5.73 Å². The number of halogens is 2. The average molecular weight is 327 g/mol. The minimum Gasteiger partial charge on any atom is -0.504 e. The van der Waals surface area contributed by atoms with Crippen LogP contribution in [0.1, 0.15) is 24.9 Å². The molecule has 1 aromatic rings. The van der Waals surface area contributed by atoms with Crippen LogP contribution in [0.15, 0.2) is 16.6 Å². The number of hydrogen-bond acceptors (Lipinski definition) is 4. The van der Waals surface area contributed by atoms with Crippen LogP contribution in [0, 0.1) is 0 Å². The highest BCUT2D eigenvalue weighted by molar-refractivity contribution is 9.10. The molecule has 0 bridgehead atoms. The molecule has 0 aliphatic carbocycles. The van der Waals surface area contributed by atoms with E-state index in [2.05, 4.69) is 15.9 Å². The van der Waals surface area contributed by atoms with Crippen molar-refractivity contribution in [2.75, 3.05) is 7.11 Å². The van der Waals surface area contributed by atoms with Gasteiger partial charge in [0, 0.05) is 10.0 Å². The van der Waals surface area contributed by atoms with Crippen LogP contribution < -0.4 is 10.5 Å². The average Bonchev–Trinajstić information content (AvgIpc) is 2.29. The van der Waals surface area contributed by atoms with E-state index in [-0.39, 0.29) is 18.2 Å². The third-order valence-electron chi connectivity index (χ3n) is 2.48. The Morgan fingerprint density at radius 2 is 2.06 bits per heavy atom. The maximum absolute atomic E-state index is 9.89. The summed E-state index contributed by atoms with van der Waals surface area (Å²) < 4.78 is 5.76. The summed E-state index contributed by atoms with van der Waals surface area (Å²) in [6.45, 7) is 1.83. The predicted octanol–water partition coefficient (Wildman–Crippen LogP) is 2.36. The van der Waals surface area contributed by atoms with E-state index in [1.165, 1.54) is 7.11 Å². The van der Waals surface area contributed by atoms with Crippen LogP contribution in [0.5, 0.6) is 11.5 Å². The first-order valence-corrected chi connectivity index (χ1v) is 5.80. The van der Waals surface area contributed by atoms with E-state index in [9.17, 15) is 10.2 Å². The molecule has 0 saturated heterocycles. The van der Waals surface area contributed by atoms with Crippen LogP contribution in [0.3, 0.4) is 0 Å². The van der Waals surface area contributed by atoms with Crippen molar-refractivity contribution in [3.8, 4) is 11.5 Å². The first-order valence-electron chi connectivity index (χ1n) is 5.01. The minimum atomic E-state index is -0.690. The molecule has 0 aromatic heterocycles. The summed E-state index contributed by atoms with van der Waals surface area (Å²) in [5, 5.41) is 19.6. The highest BCUT2D eigenvalue weighted by Gasteiger charge is 2.21. The Morgan fingerprint density at radius 3 is 2.53 bits per heavy atom.